The summed E-state index contributed by atoms with van der Waals surface area (Å²) in [5, 5.41) is 0. The first-order valence-electron chi connectivity index (χ1n) is 6.04. The van der Waals surface area contributed by atoms with Gasteiger partial charge in [0.2, 0.25) is 10.0 Å². The van der Waals surface area contributed by atoms with Crippen LogP contribution in [0.1, 0.15) is 25.7 Å². The number of nitrogens with one attached hydrogen (secondary N) is 1. The molecular formula is C10H19F3N2O3S. The van der Waals surface area contributed by atoms with Crippen LogP contribution in [0.25, 0.3) is 0 Å². The minimum Gasteiger partial charge on any atom is -0.381 e. The van der Waals surface area contributed by atoms with E-state index in [1.54, 1.807) is 0 Å². The highest BCUT2D eigenvalue weighted by Crippen LogP contribution is 2.23. The molecule has 0 saturated carbocycles. The molecule has 3 N–H and O–H groups in total. The van der Waals surface area contributed by atoms with Gasteiger partial charge in [0, 0.05) is 31.7 Å². The highest BCUT2D eigenvalue weighted by atomic mass is 32.2. The van der Waals surface area contributed by atoms with Gasteiger partial charge in [-0.05, 0) is 19.3 Å². The molecule has 1 rings (SSSR count). The molecule has 0 atom stereocenters. The van der Waals surface area contributed by atoms with Crippen molar-refractivity contribution in [1.82, 2.24) is 4.72 Å². The Bertz CT molecular complexity index is 378. The molecule has 1 heterocycles. The van der Waals surface area contributed by atoms with Gasteiger partial charge in [-0.1, -0.05) is 0 Å². The second-order valence-electron chi connectivity index (χ2n) is 4.74. The maximum Gasteiger partial charge on any atom is 0.389 e. The summed E-state index contributed by atoms with van der Waals surface area (Å²) < 4.78 is 67.1. The maximum atomic E-state index is 12.0. The molecule has 1 aliphatic heterocycles. The first-order valence-corrected chi connectivity index (χ1v) is 7.70. The van der Waals surface area contributed by atoms with Crippen LogP contribution in [0.2, 0.25) is 0 Å². The lowest BCUT2D eigenvalue weighted by molar-refractivity contribution is -0.134. The van der Waals surface area contributed by atoms with E-state index in [-0.39, 0.29) is 6.54 Å². The number of nitrogens with two attached hydrogens (primary N) is 1. The number of ether oxygens (including phenoxy) is 1. The Kier molecular flexibility index (Phi) is 5.60. The minimum absolute atomic E-state index is 0.106. The lowest BCUT2D eigenvalue weighted by atomic mass is 9.92. The van der Waals surface area contributed by atoms with Crippen molar-refractivity contribution in [2.24, 2.45) is 5.73 Å². The third-order valence-electron chi connectivity index (χ3n) is 3.09. The van der Waals surface area contributed by atoms with Crippen molar-refractivity contribution >= 4 is 10.0 Å². The van der Waals surface area contributed by atoms with Crippen molar-refractivity contribution in [2.45, 2.75) is 37.4 Å². The van der Waals surface area contributed by atoms with E-state index in [0.29, 0.717) is 26.1 Å². The topological polar surface area (TPSA) is 81.4 Å². The molecule has 0 aromatic heterocycles. The molecule has 0 spiro atoms. The smallest absolute Gasteiger partial charge is 0.381 e. The van der Waals surface area contributed by atoms with Gasteiger partial charge < -0.3 is 10.5 Å². The molecule has 0 unspecified atom stereocenters. The van der Waals surface area contributed by atoms with Crippen molar-refractivity contribution in [3.63, 3.8) is 0 Å². The van der Waals surface area contributed by atoms with E-state index >= 15 is 0 Å². The van der Waals surface area contributed by atoms with Crippen LogP contribution in [-0.4, -0.2) is 45.6 Å². The first-order chi connectivity index (χ1) is 8.68. The van der Waals surface area contributed by atoms with Gasteiger partial charge in [0.05, 0.1) is 5.75 Å². The highest BCUT2D eigenvalue weighted by molar-refractivity contribution is 7.89. The van der Waals surface area contributed by atoms with Crippen molar-refractivity contribution < 1.29 is 26.3 Å². The molecule has 1 fully saturated rings. The van der Waals surface area contributed by atoms with Gasteiger partial charge in [0.25, 0.3) is 0 Å². The molecule has 0 aromatic carbocycles. The lowest BCUT2D eigenvalue weighted by Crippen LogP contribution is -2.57. The summed E-state index contributed by atoms with van der Waals surface area (Å²) in [5.41, 5.74) is 4.80. The normalized spacial score (nSPS) is 20.4. The van der Waals surface area contributed by atoms with Gasteiger partial charge in [-0.25, -0.2) is 13.1 Å². The molecule has 9 heteroatoms. The summed E-state index contributed by atoms with van der Waals surface area (Å²) in [6.07, 6.45) is -5.02. The van der Waals surface area contributed by atoms with E-state index in [0.717, 1.165) is 0 Å². The number of hydrogen-bond donors (Lipinski definition) is 2. The van der Waals surface area contributed by atoms with Crippen molar-refractivity contribution in [2.75, 3.05) is 25.5 Å². The van der Waals surface area contributed by atoms with Gasteiger partial charge in [0.15, 0.2) is 0 Å². The van der Waals surface area contributed by atoms with Crippen molar-refractivity contribution in [1.29, 1.82) is 0 Å². The van der Waals surface area contributed by atoms with Crippen LogP contribution >= 0.6 is 0 Å². The molecule has 19 heavy (non-hydrogen) atoms. The lowest BCUT2D eigenvalue weighted by Gasteiger charge is -2.36. The second-order valence-corrected chi connectivity index (χ2v) is 6.58. The van der Waals surface area contributed by atoms with E-state index in [4.69, 9.17) is 10.5 Å². The number of sulfonamides is 1. The molecule has 5 nitrogen and oxygen atoms in total. The van der Waals surface area contributed by atoms with Crippen LogP contribution < -0.4 is 10.5 Å². The first kappa shape index (κ1) is 16.7. The Morgan fingerprint density at radius 1 is 1.26 bits per heavy atom. The van der Waals surface area contributed by atoms with Crippen LogP contribution in [0, 0.1) is 0 Å². The Balaban J connectivity index is 2.52. The largest absolute Gasteiger partial charge is 0.389 e. The van der Waals surface area contributed by atoms with Crippen molar-refractivity contribution in [3.8, 4) is 0 Å². The summed E-state index contributed by atoms with van der Waals surface area (Å²) in [4.78, 5) is 0. The van der Waals surface area contributed by atoms with Crippen LogP contribution in [0.5, 0.6) is 0 Å². The molecular weight excluding hydrogens is 285 g/mol. The molecule has 1 aliphatic rings. The molecule has 0 bridgehead atoms. The fraction of sp³-hybridized carbons (Fsp3) is 1.00. The standard InChI is InChI=1S/C10H19F3N2O3S/c11-10(12,13)2-1-7-19(16,17)15-9(8-14)3-5-18-6-4-9/h15H,1-8,14H2. The van der Waals surface area contributed by atoms with E-state index in [9.17, 15) is 21.6 Å². The predicted octanol–water partition coefficient (Wildman–Crippen LogP) is 0.756. The number of rotatable bonds is 6. The van der Waals surface area contributed by atoms with E-state index in [1.807, 2.05) is 0 Å². The zero-order chi connectivity index (χ0) is 14.6. The predicted molar refractivity (Wildman–Crippen MR) is 64.0 cm³/mol. The summed E-state index contributed by atoms with van der Waals surface area (Å²) in [6, 6.07) is 0. The van der Waals surface area contributed by atoms with Crippen LogP contribution in [0.15, 0.2) is 0 Å². The molecule has 0 radical (unpaired) electrons. The van der Waals surface area contributed by atoms with Crippen LogP contribution in [0.4, 0.5) is 13.2 Å². The molecule has 1 saturated heterocycles. The quantitative estimate of drug-likeness (QED) is 0.759. The fourth-order valence-electron chi connectivity index (χ4n) is 1.95. The van der Waals surface area contributed by atoms with Crippen LogP contribution in [0.3, 0.4) is 0 Å². The van der Waals surface area contributed by atoms with E-state index in [2.05, 4.69) is 4.72 Å². The van der Waals surface area contributed by atoms with E-state index < -0.39 is 40.3 Å². The number of halogens is 3. The summed E-state index contributed by atoms with van der Waals surface area (Å²) >= 11 is 0. The van der Waals surface area contributed by atoms with Gasteiger partial charge in [-0.15, -0.1) is 0 Å². The Hall–Kier alpha value is -0.380. The Labute approximate surface area is 110 Å². The van der Waals surface area contributed by atoms with Gasteiger partial charge >= 0.3 is 6.18 Å². The fourth-order valence-corrected chi connectivity index (χ4v) is 3.53. The Morgan fingerprint density at radius 3 is 2.32 bits per heavy atom. The zero-order valence-corrected chi connectivity index (χ0v) is 11.3. The summed E-state index contributed by atoms with van der Waals surface area (Å²) in [7, 11) is -3.76. The highest BCUT2D eigenvalue weighted by Gasteiger charge is 2.35. The average molecular weight is 304 g/mol. The Morgan fingerprint density at radius 2 is 1.84 bits per heavy atom. The summed E-state index contributed by atoms with van der Waals surface area (Å²) in [5.74, 6) is -0.547. The molecule has 0 aliphatic carbocycles. The molecule has 0 amide bonds. The van der Waals surface area contributed by atoms with Gasteiger partial charge in [0.1, 0.15) is 0 Å². The third-order valence-corrected chi connectivity index (χ3v) is 4.66. The number of hydrogen-bond acceptors (Lipinski definition) is 4. The average Bonchev–Trinajstić information content (AvgIpc) is 2.27. The van der Waals surface area contributed by atoms with Crippen molar-refractivity contribution in [3.05, 3.63) is 0 Å². The minimum atomic E-state index is -4.33. The zero-order valence-electron chi connectivity index (χ0n) is 10.5. The van der Waals surface area contributed by atoms with E-state index in [1.165, 1.54) is 0 Å². The van der Waals surface area contributed by atoms with Gasteiger partial charge in [-0.3, -0.25) is 0 Å². The SMILES string of the molecule is NCC1(NS(=O)(=O)CCCC(F)(F)F)CCOCC1. The monoisotopic (exact) mass is 304 g/mol. The molecule has 114 valence electrons. The third kappa shape index (κ3) is 6.07. The maximum absolute atomic E-state index is 12.0. The van der Waals surface area contributed by atoms with Crippen LogP contribution in [-0.2, 0) is 14.8 Å². The van der Waals surface area contributed by atoms with Gasteiger partial charge in [-0.2, -0.15) is 13.2 Å². The second kappa shape index (κ2) is 6.38. The summed E-state index contributed by atoms with van der Waals surface area (Å²) in [6.45, 7) is 0.888. The molecule has 0 aromatic rings. The number of alkyl halides is 3.